The number of halogens is 4. The van der Waals surface area contributed by atoms with Crippen molar-refractivity contribution in [3.8, 4) is 0 Å². The maximum absolute atomic E-state index is 12.2. The minimum atomic E-state index is -4.32. The number of aliphatic hydroxyl groups excluding tert-OH is 1. The molecule has 1 fully saturated rings. The molecule has 1 saturated heterocycles. The Hall–Kier alpha value is 0. The van der Waals surface area contributed by atoms with Crippen molar-refractivity contribution >= 4 is 12.4 Å². The minimum Gasteiger partial charge on any atom is -0.391 e. The van der Waals surface area contributed by atoms with Crippen molar-refractivity contribution < 1.29 is 18.3 Å². The van der Waals surface area contributed by atoms with Gasteiger partial charge in [0.25, 0.3) is 0 Å². The van der Waals surface area contributed by atoms with Crippen LogP contribution in [0.25, 0.3) is 0 Å². The second-order valence-corrected chi connectivity index (χ2v) is 3.06. The maximum atomic E-state index is 12.2. The van der Waals surface area contributed by atoms with Crippen molar-refractivity contribution in [1.82, 2.24) is 5.32 Å². The lowest BCUT2D eigenvalue weighted by atomic mass is 9.86. The van der Waals surface area contributed by atoms with Gasteiger partial charge in [0, 0.05) is 13.1 Å². The number of rotatable bonds is 0. The summed E-state index contributed by atoms with van der Waals surface area (Å²) in [6, 6.07) is 0. The largest absolute Gasteiger partial charge is 0.397 e. The van der Waals surface area contributed by atoms with Gasteiger partial charge in [-0.3, -0.25) is 0 Å². The van der Waals surface area contributed by atoms with E-state index in [0.717, 1.165) is 6.92 Å². The highest BCUT2D eigenvalue weighted by Gasteiger charge is 2.57. The fourth-order valence-electron chi connectivity index (χ4n) is 1.10. The summed E-state index contributed by atoms with van der Waals surface area (Å²) in [4.78, 5) is 0. The molecule has 0 aromatic rings. The molecule has 0 aliphatic carbocycles. The van der Waals surface area contributed by atoms with Crippen LogP contribution in [0, 0.1) is 5.41 Å². The molecule has 1 heterocycles. The molecular weight excluding hydrogens is 195 g/mol. The second-order valence-electron chi connectivity index (χ2n) is 3.06. The lowest BCUT2D eigenvalue weighted by molar-refractivity contribution is -0.233. The molecule has 0 bridgehead atoms. The van der Waals surface area contributed by atoms with Crippen LogP contribution in [0.3, 0.4) is 0 Å². The fraction of sp³-hybridized carbons (Fsp3) is 1.00. The van der Waals surface area contributed by atoms with E-state index in [4.69, 9.17) is 5.11 Å². The Morgan fingerprint density at radius 3 is 2.17 bits per heavy atom. The molecule has 2 nitrogen and oxygen atoms in total. The molecule has 0 spiro atoms. The zero-order valence-corrected chi connectivity index (χ0v) is 7.30. The third-order valence-electron chi connectivity index (χ3n) is 2.21. The van der Waals surface area contributed by atoms with Gasteiger partial charge in [0.05, 0.1) is 6.10 Å². The van der Waals surface area contributed by atoms with Gasteiger partial charge in [0.15, 0.2) is 0 Å². The third kappa shape index (κ3) is 1.67. The van der Waals surface area contributed by atoms with Crippen LogP contribution in [0.15, 0.2) is 0 Å². The highest BCUT2D eigenvalue weighted by Crippen LogP contribution is 2.42. The second kappa shape index (κ2) is 3.40. The predicted octanol–water partition coefficient (Wildman–Crippen LogP) is 0.941. The van der Waals surface area contributed by atoms with Gasteiger partial charge in [-0.15, -0.1) is 12.4 Å². The molecule has 0 radical (unpaired) electrons. The van der Waals surface area contributed by atoms with Crippen molar-refractivity contribution in [2.75, 3.05) is 13.1 Å². The fourth-order valence-corrected chi connectivity index (χ4v) is 1.10. The number of aliphatic hydroxyl groups is 1. The lowest BCUT2D eigenvalue weighted by Gasteiger charge is -2.29. The molecule has 6 heteroatoms. The van der Waals surface area contributed by atoms with Crippen molar-refractivity contribution in [2.24, 2.45) is 5.41 Å². The lowest BCUT2D eigenvalue weighted by Crippen LogP contribution is -2.44. The van der Waals surface area contributed by atoms with Crippen molar-refractivity contribution in [2.45, 2.75) is 19.2 Å². The summed E-state index contributed by atoms with van der Waals surface area (Å²) < 4.78 is 36.6. The number of nitrogens with one attached hydrogen (secondary N) is 1. The first-order chi connectivity index (χ1) is 4.88. The summed E-state index contributed by atoms with van der Waals surface area (Å²) in [5.74, 6) is 0. The third-order valence-corrected chi connectivity index (χ3v) is 2.21. The first-order valence-corrected chi connectivity index (χ1v) is 3.33. The van der Waals surface area contributed by atoms with E-state index >= 15 is 0 Å². The van der Waals surface area contributed by atoms with Gasteiger partial charge < -0.3 is 10.4 Å². The Labute approximate surface area is 74.6 Å². The van der Waals surface area contributed by atoms with Gasteiger partial charge in [-0.05, 0) is 6.92 Å². The predicted molar refractivity (Wildman–Crippen MR) is 40.3 cm³/mol. The smallest absolute Gasteiger partial charge is 0.391 e. The van der Waals surface area contributed by atoms with Crippen LogP contribution in [0.1, 0.15) is 6.92 Å². The van der Waals surface area contributed by atoms with Gasteiger partial charge >= 0.3 is 6.18 Å². The Balaban J connectivity index is 0.00000121. The van der Waals surface area contributed by atoms with Crippen LogP contribution in [-0.4, -0.2) is 30.5 Å². The summed E-state index contributed by atoms with van der Waals surface area (Å²) in [5, 5.41) is 11.5. The van der Waals surface area contributed by atoms with Crippen LogP contribution >= 0.6 is 12.4 Å². The Morgan fingerprint density at radius 2 is 2.00 bits per heavy atom. The molecule has 2 unspecified atom stereocenters. The molecule has 0 saturated carbocycles. The molecule has 1 aliphatic heterocycles. The summed E-state index contributed by atoms with van der Waals surface area (Å²) in [6.07, 6.45) is -5.64. The van der Waals surface area contributed by atoms with E-state index < -0.39 is 17.7 Å². The van der Waals surface area contributed by atoms with Crippen LogP contribution < -0.4 is 5.32 Å². The monoisotopic (exact) mass is 205 g/mol. The van der Waals surface area contributed by atoms with E-state index in [0.29, 0.717) is 0 Å². The number of hydrogen-bond donors (Lipinski definition) is 2. The quantitative estimate of drug-likeness (QED) is 0.617. The van der Waals surface area contributed by atoms with Crippen LogP contribution in [-0.2, 0) is 0 Å². The Morgan fingerprint density at radius 1 is 1.50 bits per heavy atom. The first kappa shape index (κ1) is 12.0. The number of alkyl halides is 3. The molecule has 0 amide bonds. The van der Waals surface area contributed by atoms with E-state index in [1.54, 1.807) is 0 Å². The molecule has 74 valence electrons. The van der Waals surface area contributed by atoms with Crippen LogP contribution in [0.5, 0.6) is 0 Å². The number of β-amino-alcohol motifs (C(OH)–C–C–N with tert-alkyl or cyclic N) is 1. The SMILES string of the molecule is CC1(C(F)(F)F)CNCC1O.Cl. The topological polar surface area (TPSA) is 32.3 Å². The normalized spacial score (nSPS) is 36.2. The molecule has 12 heavy (non-hydrogen) atoms. The average molecular weight is 206 g/mol. The Bertz CT molecular complexity index is 163. The van der Waals surface area contributed by atoms with Crippen molar-refractivity contribution in [3.05, 3.63) is 0 Å². The zero-order valence-electron chi connectivity index (χ0n) is 6.48. The summed E-state index contributed by atoms with van der Waals surface area (Å²) in [6.45, 7) is 0.853. The molecule has 0 aromatic heterocycles. The molecule has 1 aliphatic rings. The van der Waals surface area contributed by atoms with Crippen molar-refractivity contribution in [3.63, 3.8) is 0 Å². The van der Waals surface area contributed by atoms with Gasteiger partial charge in [-0.25, -0.2) is 0 Å². The van der Waals surface area contributed by atoms with Crippen molar-refractivity contribution in [1.29, 1.82) is 0 Å². The highest BCUT2D eigenvalue weighted by atomic mass is 35.5. The molecule has 0 aromatic carbocycles. The summed E-state index contributed by atoms with van der Waals surface area (Å²) in [7, 11) is 0. The maximum Gasteiger partial charge on any atom is 0.397 e. The van der Waals surface area contributed by atoms with E-state index in [2.05, 4.69) is 5.32 Å². The van der Waals surface area contributed by atoms with E-state index in [9.17, 15) is 13.2 Å². The Kier molecular flexibility index (Phi) is 3.40. The van der Waals surface area contributed by atoms with Gasteiger partial charge in [0.1, 0.15) is 5.41 Å². The van der Waals surface area contributed by atoms with Gasteiger partial charge in [0.2, 0.25) is 0 Å². The molecule has 2 atom stereocenters. The van der Waals surface area contributed by atoms with E-state index in [1.165, 1.54) is 0 Å². The van der Waals surface area contributed by atoms with Crippen LogP contribution in [0.2, 0.25) is 0 Å². The average Bonchev–Trinajstić information content (AvgIpc) is 2.12. The summed E-state index contributed by atoms with van der Waals surface area (Å²) in [5.41, 5.74) is -1.97. The standard InChI is InChI=1S/C6H10F3NO.ClH/c1-5(6(7,8)9)3-10-2-4(5)11;/h4,10-11H,2-3H2,1H3;1H. The molecule has 2 N–H and O–H groups in total. The molecule has 1 rings (SSSR count). The highest BCUT2D eigenvalue weighted by molar-refractivity contribution is 5.85. The minimum absolute atomic E-state index is 0. The first-order valence-electron chi connectivity index (χ1n) is 3.33. The molecular formula is C6H11ClF3NO. The summed E-state index contributed by atoms with van der Waals surface area (Å²) >= 11 is 0. The number of hydrogen-bond acceptors (Lipinski definition) is 2. The van der Waals surface area contributed by atoms with E-state index in [-0.39, 0.29) is 25.5 Å². The van der Waals surface area contributed by atoms with Crippen LogP contribution in [0.4, 0.5) is 13.2 Å². The van der Waals surface area contributed by atoms with Gasteiger partial charge in [-0.1, -0.05) is 0 Å². The van der Waals surface area contributed by atoms with Gasteiger partial charge in [-0.2, -0.15) is 13.2 Å². The van der Waals surface area contributed by atoms with E-state index in [1.807, 2.05) is 0 Å². The zero-order chi connectivity index (χ0) is 8.70.